The van der Waals surface area contributed by atoms with Crippen LogP contribution in [-0.2, 0) is 22.4 Å². The van der Waals surface area contributed by atoms with Crippen LogP contribution in [0.15, 0.2) is 54.6 Å². The summed E-state index contributed by atoms with van der Waals surface area (Å²) in [6, 6.07) is 14.5. The fourth-order valence-electron chi connectivity index (χ4n) is 5.60. The normalized spacial score (nSPS) is 18.6. The third kappa shape index (κ3) is 5.88. The topological polar surface area (TPSA) is 68.3 Å². The summed E-state index contributed by atoms with van der Waals surface area (Å²) in [6.07, 6.45) is 0.888. The van der Waals surface area contributed by atoms with E-state index in [2.05, 4.69) is 0 Å². The SMILES string of the molecule is COc1cc(C(=O)N2CC[C@@H]3OCCN(C(=O)Cc4ccccc4Cc4ccc(F)cc4)[C@H]3C2)c(F)c(OC)c1F. The third-order valence-corrected chi connectivity index (χ3v) is 7.74. The molecule has 0 spiro atoms. The quantitative estimate of drug-likeness (QED) is 0.423. The van der Waals surface area contributed by atoms with Crippen molar-refractivity contribution in [3.8, 4) is 11.5 Å². The van der Waals surface area contributed by atoms with Gasteiger partial charge < -0.3 is 24.0 Å². The van der Waals surface area contributed by atoms with Gasteiger partial charge in [0, 0.05) is 19.6 Å². The molecule has 0 aromatic heterocycles. The van der Waals surface area contributed by atoms with E-state index in [0.29, 0.717) is 26.0 Å². The Morgan fingerprint density at radius 3 is 2.39 bits per heavy atom. The van der Waals surface area contributed by atoms with Crippen LogP contribution in [0.1, 0.15) is 33.5 Å². The molecule has 0 unspecified atom stereocenters. The standard InChI is InChI=1S/C31H31F3N2O5/c1-39-26-17-23(28(33)30(40-2)29(26)34)31(38)35-12-11-25-24(18-35)36(13-14-41-25)27(37)16-21-6-4-3-5-20(21)15-19-7-9-22(32)10-8-19/h3-10,17,24-25H,11-16,18H2,1-2H3/t24-,25-/m0/s1. The van der Waals surface area contributed by atoms with Crippen LogP contribution in [0.4, 0.5) is 13.2 Å². The van der Waals surface area contributed by atoms with Crippen molar-refractivity contribution >= 4 is 11.8 Å². The molecule has 41 heavy (non-hydrogen) atoms. The van der Waals surface area contributed by atoms with E-state index in [9.17, 15) is 18.4 Å². The number of rotatable bonds is 7. The van der Waals surface area contributed by atoms with Crippen molar-refractivity contribution in [2.24, 2.45) is 0 Å². The average Bonchev–Trinajstić information content (AvgIpc) is 2.98. The summed E-state index contributed by atoms with van der Waals surface area (Å²) in [4.78, 5) is 30.3. The predicted molar refractivity (Wildman–Crippen MR) is 145 cm³/mol. The number of benzene rings is 3. The van der Waals surface area contributed by atoms with Crippen molar-refractivity contribution in [2.75, 3.05) is 40.5 Å². The first-order valence-electron chi connectivity index (χ1n) is 13.4. The highest BCUT2D eigenvalue weighted by Gasteiger charge is 2.41. The van der Waals surface area contributed by atoms with Gasteiger partial charge in [-0.25, -0.2) is 8.78 Å². The molecule has 0 aliphatic carbocycles. The molecule has 0 radical (unpaired) electrons. The number of fused-ring (bicyclic) bond motifs is 1. The van der Waals surface area contributed by atoms with Gasteiger partial charge in [-0.15, -0.1) is 0 Å². The van der Waals surface area contributed by atoms with E-state index in [-0.39, 0.29) is 48.7 Å². The fraction of sp³-hybridized carbons (Fsp3) is 0.355. The molecule has 2 aliphatic rings. The van der Waals surface area contributed by atoms with Crippen molar-refractivity contribution in [2.45, 2.75) is 31.4 Å². The van der Waals surface area contributed by atoms with Crippen molar-refractivity contribution in [1.82, 2.24) is 9.80 Å². The molecule has 2 saturated heterocycles. The van der Waals surface area contributed by atoms with Crippen LogP contribution in [0.5, 0.6) is 11.5 Å². The maximum atomic E-state index is 15.1. The summed E-state index contributed by atoms with van der Waals surface area (Å²) in [5.41, 5.74) is 2.39. The molecule has 2 aliphatic heterocycles. The number of halogens is 3. The van der Waals surface area contributed by atoms with Crippen LogP contribution >= 0.6 is 0 Å². The number of ether oxygens (including phenoxy) is 3. The summed E-state index contributed by atoms with van der Waals surface area (Å²) in [5, 5.41) is 0. The lowest BCUT2D eigenvalue weighted by Gasteiger charge is -2.47. The third-order valence-electron chi connectivity index (χ3n) is 7.74. The Balaban J connectivity index is 1.34. The number of piperidine rings is 1. The van der Waals surface area contributed by atoms with Crippen LogP contribution in [-0.4, -0.2) is 74.2 Å². The van der Waals surface area contributed by atoms with Crippen molar-refractivity contribution in [1.29, 1.82) is 0 Å². The zero-order chi connectivity index (χ0) is 29.1. The van der Waals surface area contributed by atoms with E-state index in [1.807, 2.05) is 24.3 Å². The van der Waals surface area contributed by atoms with Crippen molar-refractivity contribution in [3.05, 3.63) is 94.3 Å². The molecular formula is C31H31F3N2O5. The van der Waals surface area contributed by atoms with E-state index in [0.717, 1.165) is 29.9 Å². The fourth-order valence-corrected chi connectivity index (χ4v) is 5.60. The van der Waals surface area contributed by atoms with E-state index in [4.69, 9.17) is 14.2 Å². The molecule has 10 heteroatoms. The molecule has 7 nitrogen and oxygen atoms in total. The second-order valence-corrected chi connectivity index (χ2v) is 10.1. The summed E-state index contributed by atoms with van der Waals surface area (Å²) in [7, 11) is 2.33. The van der Waals surface area contributed by atoms with E-state index >= 15 is 4.39 Å². The summed E-state index contributed by atoms with van der Waals surface area (Å²) < 4.78 is 58.7. The minimum absolute atomic E-state index is 0.111. The Kier molecular flexibility index (Phi) is 8.49. The number of amides is 2. The van der Waals surface area contributed by atoms with Crippen molar-refractivity contribution in [3.63, 3.8) is 0 Å². The largest absolute Gasteiger partial charge is 0.494 e. The van der Waals surface area contributed by atoms with Gasteiger partial charge in [-0.1, -0.05) is 36.4 Å². The van der Waals surface area contributed by atoms with Gasteiger partial charge in [0.2, 0.25) is 11.7 Å². The van der Waals surface area contributed by atoms with Gasteiger partial charge in [0.05, 0.1) is 45.0 Å². The van der Waals surface area contributed by atoms with Crippen LogP contribution in [0.2, 0.25) is 0 Å². The highest BCUT2D eigenvalue weighted by atomic mass is 19.1. The molecule has 3 aromatic rings. The van der Waals surface area contributed by atoms with Gasteiger partial charge in [0.1, 0.15) is 5.82 Å². The van der Waals surface area contributed by atoms with Gasteiger partial charge in [-0.3, -0.25) is 9.59 Å². The smallest absolute Gasteiger partial charge is 0.257 e. The number of hydrogen-bond acceptors (Lipinski definition) is 5. The highest BCUT2D eigenvalue weighted by molar-refractivity contribution is 5.95. The number of hydrogen-bond donors (Lipinski definition) is 0. The number of nitrogens with zero attached hydrogens (tertiary/aromatic N) is 2. The summed E-state index contributed by atoms with van der Waals surface area (Å²) in [5.74, 6) is -4.21. The second kappa shape index (κ2) is 12.2. The molecule has 3 aromatic carbocycles. The van der Waals surface area contributed by atoms with Gasteiger partial charge >= 0.3 is 0 Å². The van der Waals surface area contributed by atoms with Gasteiger partial charge in [0.25, 0.3) is 5.91 Å². The Hall–Kier alpha value is -4.05. The first-order chi connectivity index (χ1) is 19.8. The Morgan fingerprint density at radius 1 is 0.951 bits per heavy atom. The molecule has 0 N–H and O–H groups in total. The van der Waals surface area contributed by atoms with E-state index in [1.165, 1.54) is 24.1 Å². The average molecular weight is 569 g/mol. The van der Waals surface area contributed by atoms with Crippen LogP contribution in [0.25, 0.3) is 0 Å². The molecule has 5 rings (SSSR count). The molecule has 2 amide bonds. The minimum Gasteiger partial charge on any atom is -0.494 e. The van der Waals surface area contributed by atoms with Gasteiger partial charge in [-0.05, 0) is 47.7 Å². The minimum atomic E-state index is -1.11. The Labute approximate surface area is 236 Å². The van der Waals surface area contributed by atoms with E-state index < -0.39 is 29.3 Å². The molecule has 0 bridgehead atoms. The number of morpholine rings is 1. The van der Waals surface area contributed by atoms with Crippen LogP contribution in [0, 0.1) is 17.5 Å². The predicted octanol–water partition coefficient (Wildman–Crippen LogP) is 4.40. The van der Waals surface area contributed by atoms with E-state index in [1.54, 1.807) is 17.0 Å². The molecular weight excluding hydrogens is 537 g/mol. The molecule has 0 saturated carbocycles. The van der Waals surface area contributed by atoms with Crippen molar-refractivity contribution < 1.29 is 37.0 Å². The maximum absolute atomic E-state index is 15.1. The van der Waals surface area contributed by atoms with Crippen LogP contribution < -0.4 is 9.47 Å². The first-order valence-corrected chi connectivity index (χ1v) is 13.4. The van der Waals surface area contributed by atoms with Gasteiger partial charge in [-0.2, -0.15) is 4.39 Å². The zero-order valence-corrected chi connectivity index (χ0v) is 22.9. The Morgan fingerprint density at radius 2 is 1.68 bits per heavy atom. The number of carbonyl (C=O) groups excluding carboxylic acids is 2. The lowest BCUT2D eigenvalue weighted by molar-refractivity contribution is -0.150. The maximum Gasteiger partial charge on any atom is 0.257 e. The Bertz CT molecular complexity index is 1430. The molecule has 2 fully saturated rings. The molecule has 2 atom stereocenters. The van der Waals surface area contributed by atoms with Gasteiger partial charge in [0.15, 0.2) is 17.3 Å². The monoisotopic (exact) mass is 568 g/mol. The highest BCUT2D eigenvalue weighted by Crippen LogP contribution is 2.34. The molecule has 2 heterocycles. The number of methoxy groups -OCH3 is 2. The van der Waals surface area contributed by atoms with Crippen LogP contribution in [0.3, 0.4) is 0 Å². The first kappa shape index (κ1) is 28.5. The number of carbonyl (C=O) groups is 2. The zero-order valence-electron chi connectivity index (χ0n) is 22.9. The number of likely N-dealkylation sites (tertiary alicyclic amines) is 1. The summed E-state index contributed by atoms with van der Waals surface area (Å²) >= 11 is 0. The lowest BCUT2D eigenvalue weighted by atomic mass is 9.95. The lowest BCUT2D eigenvalue weighted by Crippen LogP contribution is -2.62. The summed E-state index contributed by atoms with van der Waals surface area (Å²) in [6.45, 7) is 1.14. The molecule has 216 valence electrons. The second-order valence-electron chi connectivity index (χ2n) is 10.1.